The maximum Gasteiger partial charge on any atom is 0.352 e. The highest BCUT2D eigenvalue weighted by Crippen LogP contribution is 2.13. The largest absolute Gasteiger partial charge is 0.477 e. The molecular weight excluding hydrogens is 274 g/mol. The number of carboxylic acids is 1. The van der Waals surface area contributed by atoms with E-state index in [1.807, 2.05) is 6.07 Å². The summed E-state index contributed by atoms with van der Waals surface area (Å²) in [5.41, 5.74) is 0.547. The van der Waals surface area contributed by atoms with Gasteiger partial charge >= 0.3 is 5.97 Å². The molecule has 0 fully saturated rings. The molecule has 0 saturated carbocycles. The molecule has 0 heterocycles. The van der Waals surface area contributed by atoms with Crippen molar-refractivity contribution < 1.29 is 14.7 Å². The van der Waals surface area contributed by atoms with E-state index in [0.29, 0.717) is 5.56 Å². The summed E-state index contributed by atoms with van der Waals surface area (Å²) in [6, 6.07) is 7.11. The average Bonchev–Trinajstić information content (AvgIpc) is 2.15. The average molecular weight is 284 g/mol. The molecule has 0 atom stereocenters. The summed E-state index contributed by atoms with van der Waals surface area (Å²) in [4.78, 5) is 21.6. The zero-order valence-electron chi connectivity index (χ0n) is 8.53. The first-order valence-electron chi connectivity index (χ1n) is 4.47. The summed E-state index contributed by atoms with van der Waals surface area (Å²) in [6.07, 6.45) is 1.40. The lowest BCUT2D eigenvalue weighted by atomic mass is 10.2. The van der Waals surface area contributed by atoms with Gasteiger partial charge in [0.2, 0.25) is 5.91 Å². The van der Waals surface area contributed by atoms with Crippen molar-refractivity contribution in [1.82, 2.24) is 5.32 Å². The first kappa shape index (κ1) is 12.4. The summed E-state index contributed by atoms with van der Waals surface area (Å²) in [6.45, 7) is 1.26. The molecule has 84 valence electrons. The number of benzene rings is 1. The summed E-state index contributed by atoms with van der Waals surface area (Å²) in [7, 11) is 0. The van der Waals surface area contributed by atoms with Crippen molar-refractivity contribution in [1.29, 1.82) is 0 Å². The molecular formula is C11H10BrNO3. The number of carboxylic acid groups (broad SMARTS) is 1. The van der Waals surface area contributed by atoms with Crippen LogP contribution in [0, 0.1) is 0 Å². The molecule has 2 N–H and O–H groups in total. The van der Waals surface area contributed by atoms with Gasteiger partial charge in [0.1, 0.15) is 5.70 Å². The smallest absolute Gasteiger partial charge is 0.352 e. The minimum atomic E-state index is -1.17. The Morgan fingerprint density at radius 1 is 1.44 bits per heavy atom. The standard InChI is InChI=1S/C11H10BrNO3/c1-7(14)13-10(11(15)16)6-8-3-2-4-9(12)5-8/h2-6H,1H3,(H,13,14)(H,15,16)/b10-6-. The molecule has 0 saturated heterocycles. The van der Waals surface area contributed by atoms with Crippen molar-refractivity contribution in [2.75, 3.05) is 0 Å². The van der Waals surface area contributed by atoms with Crippen molar-refractivity contribution in [3.05, 3.63) is 40.0 Å². The van der Waals surface area contributed by atoms with Crippen LogP contribution in [0.4, 0.5) is 0 Å². The molecule has 1 rings (SSSR count). The molecule has 5 heteroatoms. The van der Waals surface area contributed by atoms with Gasteiger partial charge in [-0.05, 0) is 23.8 Å². The summed E-state index contributed by atoms with van der Waals surface area (Å²) < 4.78 is 0.841. The number of carbonyl (C=O) groups is 2. The number of hydrogen-bond donors (Lipinski definition) is 2. The highest BCUT2D eigenvalue weighted by Gasteiger charge is 2.08. The third-order valence-electron chi connectivity index (χ3n) is 1.70. The fraction of sp³-hybridized carbons (Fsp3) is 0.0909. The van der Waals surface area contributed by atoms with E-state index in [9.17, 15) is 9.59 Å². The van der Waals surface area contributed by atoms with Crippen LogP contribution in [0.3, 0.4) is 0 Å². The Morgan fingerprint density at radius 2 is 2.12 bits per heavy atom. The van der Waals surface area contributed by atoms with Crippen molar-refractivity contribution in [3.63, 3.8) is 0 Å². The van der Waals surface area contributed by atoms with E-state index < -0.39 is 11.9 Å². The molecule has 4 nitrogen and oxygen atoms in total. The highest BCUT2D eigenvalue weighted by molar-refractivity contribution is 9.10. The molecule has 1 amide bonds. The third-order valence-corrected chi connectivity index (χ3v) is 2.19. The lowest BCUT2D eigenvalue weighted by molar-refractivity contribution is -0.134. The molecule has 0 aromatic heterocycles. The van der Waals surface area contributed by atoms with E-state index in [1.165, 1.54) is 13.0 Å². The van der Waals surface area contributed by atoms with Gasteiger partial charge in [0, 0.05) is 11.4 Å². The number of hydrogen-bond acceptors (Lipinski definition) is 2. The van der Waals surface area contributed by atoms with Gasteiger partial charge in [-0.25, -0.2) is 4.79 Å². The molecule has 1 aromatic rings. The number of nitrogens with one attached hydrogen (secondary N) is 1. The maximum absolute atomic E-state index is 10.8. The predicted octanol–water partition coefficient (Wildman–Crippen LogP) is 2.01. The van der Waals surface area contributed by atoms with Crippen LogP contribution in [0.5, 0.6) is 0 Å². The second-order valence-electron chi connectivity index (χ2n) is 3.10. The Morgan fingerprint density at radius 3 is 2.62 bits per heavy atom. The zero-order valence-corrected chi connectivity index (χ0v) is 10.1. The van der Waals surface area contributed by atoms with Crippen molar-refractivity contribution in [2.45, 2.75) is 6.92 Å². The zero-order chi connectivity index (χ0) is 12.1. The van der Waals surface area contributed by atoms with E-state index in [0.717, 1.165) is 4.47 Å². The van der Waals surface area contributed by atoms with Crippen LogP contribution in [-0.4, -0.2) is 17.0 Å². The van der Waals surface area contributed by atoms with Crippen LogP contribution in [-0.2, 0) is 9.59 Å². The summed E-state index contributed by atoms with van der Waals surface area (Å²) in [5, 5.41) is 11.1. The Labute approximate surface area is 101 Å². The van der Waals surface area contributed by atoms with Crippen LogP contribution in [0.1, 0.15) is 12.5 Å². The molecule has 0 aliphatic heterocycles. The fourth-order valence-electron chi connectivity index (χ4n) is 1.10. The Kier molecular flexibility index (Phi) is 4.25. The molecule has 0 aliphatic carbocycles. The van der Waals surface area contributed by atoms with E-state index in [-0.39, 0.29) is 5.70 Å². The van der Waals surface area contributed by atoms with Crippen molar-refractivity contribution in [3.8, 4) is 0 Å². The number of carbonyl (C=O) groups excluding carboxylic acids is 1. The molecule has 0 unspecified atom stereocenters. The van der Waals surface area contributed by atoms with Gasteiger partial charge in [0.15, 0.2) is 0 Å². The van der Waals surface area contributed by atoms with E-state index >= 15 is 0 Å². The van der Waals surface area contributed by atoms with E-state index in [2.05, 4.69) is 21.2 Å². The van der Waals surface area contributed by atoms with Gasteiger partial charge in [-0.2, -0.15) is 0 Å². The molecule has 1 aromatic carbocycles. The van der Waals surface area contributed by atoms with E-state index in [1.54, 1.807) is 18.2 Å². The first-order chi connectivity index (χ1) is 7.49. The fourth-order valence-corrected chi connectivity index (χ4v) is 1.52. The van der Waals surface area contributed by atoms with Crippen molar-refractivity contribution in [2.24, 2.45) is 0 Å². The topological polar surface area (TPSA) is 66.4 Å². The van der Waals surface area contributed by atoms with Gasteiger partial charge in [0.25, 0.3) is 0 Å². The van der Waals surface area contributed by atoms with Gasteiger partial charge in [-0.1, -0.05) is 28.1 Å². The Bertz CT molecular complexity index is 454. The van der Waals surface area contributed by atoms with Crippen LogP contribution >= 0.6 is 15.9 Å². The summed E-state index contributed by atoms with van der Waals surface area (Å²) in [5.74, 6) is -1.58. The number of rotatable bonds is 3. The lowest BCUT2D eigenvalue weighted by Crippen LogP contribution is -2.24. The van der Waals surface area contributed by atoms with E-state index in [4.69, 9.17) is 5.11 Å². The van der Waals surface area contributed by atoms with Gasteiger partial charge < -0.3 is 10.4 Å². The number of aliphatic carboxylic acids is 1. The molecule has 0 aliphatic rings. The van der Waals surface area contributed by atoms with Gasteiger partial charge in [-0.15, -0.1) is 0 Å². The first-order valence-corrected chi connectivity index (χ1v) is 5.26. The molecule has 0 bridgehead atoms. The molecule has 0 spiro atoms. The number of halogens is 1. The lowest BCUT2D eigenvalue weighted by Gasteiger charge is -2.03. The van der Waals surface area contributed by atoms with Crippen molar-refractivity contribution >= 4 is 33.9 Å². The minimum Gasteiger partial charge on any atom is -0.477 e. The SMILES string of the molecule is CC(=O)N/C(=C\c1cccc(Br)c1)C(=O)O. The normalized spacial score (nSPS) is 11.0. The molecule has 0 radical (unpaired) electrons. The Hall–Kier alpha value is -1.62. The third kappa shape index (κ3) is 3.86. The van der Waals surface area contributed by atoms with Crippen LogP contribution in [0.25, 0.3) is 6.08 Å². The van der Waals surface area contributed by atoms with Gasteiger partial charge in [0.05, 0.1) is 0 Å². The minimum absolute atomic E-state index is 0.148. The summed E-state index contributed by atoms with van der Waals surface area (Å²) >= 11 is 3.28. The number of amides is 1. The Balaban J connectivity index is 3.02. The monoisotopic (exact) mass is 283 g/mol. The highest BCUT2D eigenvalue weighted by atomic mass is 79.9. The van der Waals surface area contributed by atoms with Crippen LogP contribution in [0.2, 0.25) is 0 Å². The van der Waals surface area contributed by atoms with Crippen LogP contribution in [0.15, 0.2) is 34.4 Å². The second-order valence-corrected chi connectivity index (χ2v) is 4.02. The quantitative estimate of drug-likeness (QED) is 0.834. The maximum atomic E-state index is 10.8. The predicted molar refractivity (Wildman–Crippen MR) is 63.6 cm³/mol. The second kappa shape index (κ2) is 5.46. The van der Waals surface area contributed by atoms with Crippen LogP contribution < -0.4 is 5.32 Å². The van der Waals surface area contributed by atoms with Gasteiger partial charge in [-0.3, -0.25) is 4.79 Å². The molecule has 16 heavy (non-hydrogen) atoms.